The Hall–Kier alpha value is -0.530. The molecule has 22 heavy (non-hydrogen) atoms. The van der Waals surface area contributed by atoms with Crippen molar-refractivity contribution in [3.63, 3.8) is 0 Å². The zero-order chi connectivity index (χ0) is 15.8. The molecule has 0 aliphatic heterocycles. The van der Waals surface area contributed by atoms with Crippen LogP contribution in [0.1, 0.15) is 96.8 Å². The summed E-state index contributed by atoms with van der Waals surface area (Å²) in [7, 11) is 0. The number of hydrogen-bond acceptors (Lipinski definition) is 1. The Balaban J connectivity index is 1.36. The SMILES string of the molecule is CCCCC[C@@H]1C[C@@H]1C[C@H]1C[C@H]1CCCCCCCC(=O)O. The van der Waals surface area contributed by atoms with Gasteiger partial charge in [-0.1, -0.05) is 64.7 Å². The number of carboxylic acids is 1. The van der Waals surface area contributed by atoms with Crippen LogP contribution >= 0.6 is 0 Å². The van der Waals surface area contributed by atoms with E-state index in [0.717, 1.165) is 36.5 Å². The molecule has 0 amide bonds. The molecule has 2 heteroatoms. The Kier molecular flexibility index (Phi) is 7.75. The van der Waals surface area contributed by atoms with E-state index < -0.39 is 5.97 Å². The first-order chi connectivity index (χ1) is 10.7. The fraction of sp³-hybridized carbons (Fsp3) is 0.950. The number of carbonyl (C=O) groups is 1. The molecular formula is C20H36O2. The predicted molar refractivity (Wildman–Crippen MR) is 91.9 cm³/mol. The Bertz CT molecular complexity index is 326. The smallest absolute Gasteiger partial charge is 0.303 e. The Morgan fingerprint density at radius 2 is 1.36 bits per heavy atom. The summed E-state index contributed by atoms with van der Waals surface area (Å²) in [4.78, 5) is 10.4. The molecule has 2 rings (SSSR count). The van der Waals surface area contributed by atoms with Crippen molar-refractivity contribution in [2.24, 2.45) is 23.7 Å². The lowest BCUT2D eigenvalue weighted by Gasteiger charge is -2.02. The van der Waals surface area contributed by atoms with Crippen molar-refractivity contribution in [1.82, 2.24) is 0 Å². The quantitative estimate of drug-likeness (QED) is 0.397. The van der Waals surface area contributed by atoms with Gasteiger partial charge in [0.05, 0.1) is 0 Å². The molecule has 4 atom stereocenters. The van der Waals surface area contributed by atoms with E-state index in [1.165, 1.54) is 64.2 Å². The Labute approximate surface area is 137 Å². The molecule has 0 aromatic rings. The third-order valence-corrected chi connectivity index (χ3v) is 5.89. The van der Waals surface area contributed by atoms with Crippen LogP contribution in [0.5, 0.6) is 0 Å². The average molecular weight is 309 g/mol. The third kappa shape index (κ3) is 7.15. The van der Waals surface area contributed by atoms with Crippen LogP contribution in [0.4, 0.5) is 0 Å². The molecule has 2 nitrogen and oxygen atoms in total. The maximum atomic E-state index is 10.4. The summed E-state index contributed by atoms with van der Waals surface area (Å²) in [6.45, 7) is 2.30. The summed E-state index contributed by atoms with van der Waals surface area (Å²) in [6.07, 6.45) is 18.0. The van der Waals surface area contributed by atoms with E-state index in [1.54, 1.807) is 6.42 Å². The maximum absolute atomic E-state index is 10.4. The zero-order valence-electron chi connectivity index (χ0n) is 14.6. The molecule has 0 unspecified atom stereocenters. The van der Waals surface area contributed by atoms with Gasteiger partial charge in [0.25, 0.3) is 0 Å². The summed E-state index contributed by atoms with van der Waals surface area (Å²) in [6, 6.07) is 0. The second-order valence-corrected chi connectivity index (χ2v) is 7.94. The fourth-order valence-electron chi connectivity index (χ4n) is 4.16. The van der Waals surface area contributed by atoms with Crippen LogP contribution in [0.3, 0.4) is 0 Å². The summed E-state index contributed by atoms with van der Waals surface area (Å²) < 4.78 is 0. The van der Waals surface area contributed by atoms with Crippen LogP contribution in [0.25, 0.3) is 0 Å². The van der Waals surface area contributed by atoms with E-state index >= 15 is 0 Å². The Morgan fingerprint density at radius 3 is 1.95 bits per heavy atom. The Morgan fingerprint density at radius 1 is 0.818 bits per heavy atom. The van der Waals surface area contributed by atoms with Gasteiger partial charge in [0.1, 0.15) is 0 Å². The number of carboxylic acid groups (broad SMARTS) is 1. The van der Waals surface area contributed by atoms with Gasteiger partial charge >= 0.3 is 5.97 Å². The van der Waals surface area contributed by atoms with Crippen molar-refractivity contribution < 1.29 is 9.90 Å². The van der Waals surface area contributed by atoms with Crippen LogP contribution in [-0.4, -0.2) is 11.1 Å². The van der Waals surface area contributed by atoms with E-state index in [-0.39, 0.29) is 0 Å². The first kappa shape index (κ1) is 17.8. The molecule has 0 aromatic carbocycles. The van der Waals surface area contributed by atoms with Crippen LogP contribution in [0.2, 0.25) is 0 Å². The topological polar surface area (TPSA) is 37.3 Å². The average Bonchev–Trinajstić information content (AvgIpc) is 3.38. The van der Waals surface area contributed by atoms with Gasteiger partial charge in [0, 0.05) is 6.42 Å². The largest absolute Gasteiger partial charge is 0.481 e. The summed E-state index contributed by atoms with van der Waals surface area (Å²) in [5.41, 5.74) is 0. The maximum Gasteiger partial charge on any atom is 0.303 e. The molecule has 2 aliphatic carbocycles. The van der Waals surface area contributed by atoms with Gasteiger partial charge in [0.15, 0.2) is 0 Å². The minimum atomic E-state index is -0.645. The molecule has 0 heterocycles. The van der Waals surface area contributed by atoms with Gasteiger partial charge in [-0.15, -0.1) is 0 Å². The van der Waals surface area contributed by atoms with Crippen molar-refractivity contribution in [2.45, 2.75) is 96.8 Å². The van der Waals surface area contributed by atoms with Crippen LogP contribution in [-0.2, 0) is 4.79 Å². The van der Waals surface area contributed by atoms with E-state index in [2.05, 4.69) is 6.92 Å². The van der Waals surface area contributed by atoms with Gasteiger partial charge < -0.3 is 5.11 Å². The predicted octanol–water partition coefficient (Wildman–Crippen LogP) is 6.04. The lowest BCUT2D eigenvalue weighted by atomic mass is 10.0. The number of hydrogen-bond donors (Lipinski definition) is 1. The number of rotatable bonds is 14. The van der Waals surface area contributed by atoms with E-state index in [4.69, 9.17) is 5.11 Å². The second kappa shape index (κ2) is 9.57. The molecule has 128 valence electrons. The van der Waals surface area contributed by atoms with Gasteiger partial charge in [-0.25, -0.2) is 0 Å². The molecule has 0 aromatic heterocycles. The lowest BCUT2D eigenvalue weighted by Crippen LogP contribution is -1.93. The van der Waals surface area contributed by atoms with Crippen LogP contribution in [0, 0.1) is 23.7 Å². The summed E-state index contributed by atoms with van der Waals surface area (Å²) >= 11 is 0. The van der Waals surface area contributed by atoms with Crippen molar-refractivity contribution in [3.05, 3.63) is 0 Å². The molecule has 0 radical (unpaired) electrons. The van der Waals surface area contributed by atoms with Gasteiger partial charge in [-0.2, -0.15) is 0 Å². The van der Waals surface area contributed by atoms with E-state index in [1.807, 2.05) is 0 Å². The van der Waals surface area contributed by atoms with Gasteiger partial charge in [-0.3, -0.25) is 4.79 Å². The third-order valence-electron chi connectivity index (χ3n) is 5.89. The van der Waals surface area contributed by atoms with Crippen molar-refractivity contribution in [2.75, 3.05) is 0 Å². The molecule has 0 spiro atoms. The highest BCUT2D eigenvalue weighted by Gasteiger charge is 2.44. The normalized spacial score (nSPS) is 29.5. The zero-order valence-corrected chi connectivity index (χ0v) is 14.6. The van der Waals surface area contributed by atoms with Gasteiger partial charge in [0.2, 0.25) is 0 Å². The summed E-state index contributed by atoms with van der Waals surface area (Å²) in [5, 5.41) is 8.58. The molecule has 0 saturated heterocycles. The van der Waals surface area contributed by atoms with Crippen molar-refractivity contribution >= 4 is 5.97 Å². The van der Waals surface area contributed by atoms with Crippen molar-refractivity contribution in [1.29, 1.82) is 0 Å². The molecule has 2 fully saturated rings. The van der Waals surface area contributed by atoms with Crippen LogP contribution < -0.4 is 0 Å². The van der Waals surface area contributed by atoms with E-state index in [0.29, 0.717) is 6.42 Å². The first-order valence-corrected chi connectivity index (χ1v) is 9.92. The molecule has 1 N–H and O–H groups in total. The minimum absolute atomic E-state index is 0.353. The molecule has 2 aliphatic rings. The fourth-order valence-corrected chi connectivity index (χ4v) is 4.16. The highest BCUT2D eigenvalue weighted by Crippen LogP contribution is 2.54. The molecule has 0 bridgehead atoms. The highest BCUT2D eigenvalue weighted by molar-refractivity contribution is 5.66. The lowest BCUT2D eigenvalue weighted by molar-refractivity contribution is -0.137. The first-order valence-electron chi connectivity index (χ1n) is 9.92. The highest BCUT2D eigenvalue weighted by atomic mass is 16.4. The van der Waals surface area contributed by atoms with Crippen LogP contribution in [0.15, 0.2) is 0 Å². The van der Waals surface area contributed by atoms with Gasteiger partial charge in [-0.05, 0) is 49.4 Å². The monoisotopic (exact) mass is 308 g/mol. The molecule has 2 saturated carbocycles. The number of unbranched alkanes of at least 4 members (excludes halogenated alkanes) is 6. The van der Waals surface area contributed by atoms with E-state index in [9.17, 15) is 4.79 Å². The second-order valence-electron chi connectivity index (χ2n) is 7.94. The number of aliphatic carboxylic acids is 1. The molecular weight excluding hydrogens is 272 g/mol. The standard InChI is InChI=1S/C20H36O2/c1-2-3-7-10-16-13-18(16)15-19-14-17(19)11-8-5-4-6-9-12-20(21)22/h16-19H,2-15H2,1H3,(H,21,22)/t16-,17-,18-,19-/m1/s1. The minimum Gasteiger partial charge on any atom is -0.481 e. The summed E-state index contributed by atoms with van der Waals surface area (Å²) in [5.74, 6) is 3.68. The van der Waals surface area contributed by atoms with Crippen molar-refractivity contribution in [3.8, 4) is 0 Å².